The first-order valence-corrected chi connectivity index (χ1v) is 11.4. The highest BCUT2D eigenvalue weighted by atomic mass is 16.6. The molecule has 0 saturated carbocycles. The second-order valence-corrected chi connectivity index (χ2v) is 9.38. The quantitative estimate of drug-likeness (QED) is 0.273. The molecular weight excluding hydrogens is 434 g/mol. The molecule has 178 valence electrons. The number of oxime groups is 1. The first-order valence-electron chi connectivity index (χ1n) is 11.4. The van der Waals surface area contributed by atoms with Crippen molar-refractivity contribution in [3.63, 3.8) is 0 Å². The van der Waals surface area contributed by atoms with Gasteiger partial charge in [-0.3, -0.25) is 4.79 Å². The monoisotopic (exact) mass is 463 g/mol. The SMILES string of the molecule is CC(C)(C)O/N=C/c1c2c(nc3ccccc13)-c1cc3c(c(=O)n1C2)COC(=O)[C@H]3O.CCC. The minimum absolute atomic E-state index is 0.149. The third-order valence-electron chi connectivity index (χ3n) is 5.42. The molecule has 1 atom stereocenters. The van der Waals surface area contributed by atoms with E-state index in [9.17, 15) is 14.7 Å². The number of para-hydroxylation sites is 1. The number of aliphatic hydroxyl groups is 1. The summed E-state index contributed by atoms with van der Waals surface area (Å²) < 4.78 is 6.55. The van der Waals surface area contributed by atoms with E-state index in [-0.39, 0.29) is 17.7 Å². The molecule has 0 aliphatic carbocycles. The van der Waals surface area contributed by atoms with Crippen molar-refractivity contribution in [3.05, 3.63) is 62.9 Å². The van der Waals surface area contributed by atoms with Gasteiger partial charge in [-0.1, -0.05) is 43.6 Å². The van der Waals surface area contributed by atoms with Crippen molar-refractivity contribution < 1.29 is 19.5 Å². The Balaban J connectivity index is 0.000000868. The topological polar surface area (TPSA) is 103 Å². The van der Waals surface area contributed by atoms with Gasteiger partial charge in [-0.15, -0.1) is 0 Å². The Morgan fingerprint density at radius 3 is 2.65 bits per heavy atom. The van der Waals surface area contributed by atoms with E-state index in [2.05, 4.69) is 19.0 Å². The number of hydrogen-bond acceptors (Lipinski definition) is 7. The maximum atomic E-state index is 13.2. The van der Waals surface area contributed by atoms with E-state index in [1.165, 1.54) is 6.42 Å². The molecule has 0 bridgehead atoms. The summed E-state index contributed by atoms with van der Waals surface area (Å²) in [6.45, 7) is 10.1. The molecule has 0 saturated heterocycles. The van der Waals surface area contributed by atoms with Crippen molar-refractivity contribution >= 4 is 23.1 Å². The van der Waals surface area contributed by atoms with Gasteiger partial charge in [0.05, 0.1) is 35.2 Å². The average molecular weight is 464 g/mol. The first-order chi connectivity index (χ1) is 16.2. The van der Waals surface area contributed by atoms with Crippen LogP contribution in [0.5, 0.6) is 0 Å². The summed E-state index contributed by atoms with van der Waals surface area (Å²) >= 11 is 0. The van der Waals surface area contributed by atoms with Crippen LogP contribution in [0.25, 0.3) is 22.3 Å². The lowest BCUT2D eigenvalue weighted by Crippen LogP contribution is -2.32. The third-order valence-corrected chi connectivity index (χ3v) is 5.42. The van der Waals surface area contributed by atoms with Crippen LogP contribution < -0.4 is 5.56 Å². The summed E-state index contributed by atoms with van der Waals surface area (Å²) in [5, 5.41) is 15.3. The largest absolute Gasteiger partial charge is 0.458 e. The molecule has 5 rings (SSSR count). The molecule has 1 aromatic carbocycles. The van der Waals surface area contributed by atoms with Crippen LogP contribution in [0.1, 0.15) is 69.4 Å². The summed E-state index contributed by atoms with van der Waals surface area (Å²) in [7, 11) is 0. The number of nitrogens with zero attached hydrogens (tertiary/aromatic N) is 3. The molecule has 8 heteroatoms. The lowest BCUT2D eigenvalue weighted by Gasteiger charge is -2.21. The maximum absolute atomic E-state index is 13.2. The zero-order valence-corrected chi connectivity index (χ0v) is 20.1. The van der Waals surface area contributed by atoms with Crippen LogP contribution in [0, 0.1) is 0 Å². The first kappa shape index (κ1) is 23.6. The van der Waals surface area contributed by atoms with Crippen LogP contribution in [-0.4, -0.2) is 32.4 Å². The Labute approximate surface area is 197 Å². The number of pyridine rings is 2. The van der Waals surface area contributed by atoms with Crippen LogP contribution in [0.4, 0.5) is 0 Å². The van der Waals surface area contributed by atoms with E-state index in [1.54, 1.807) is 16.8 Å². The normalized spacial score (nSPS) is 16.4. The fourth-order valence-electron chi connectivity index (χ4n) is 3.99. The van der Waals surface area contributed by atoms with Crippen molar-refractivity contribution in [2.45, 2.75) is 65.9 Å². The van der Waals surface area contributed by atoms with Crippen LogP contribution >= 0.6 is 0 Å². The molecular formula is C26H29N3O5. The van der Waals surface area contributed by atoms with Crippen molar-refractivity contribution in [2.75, 3.05) is 0 Å². The molecule has 2 aromatic heterocycles. The van der Waals surface area contributed by atoms with Gasteiger partial charge in [-0.05, 0) is 32.9 Å². The van der Waals surface area contributed by atoms with Gasteiger partial charge in [0.15, 0.2) is 6.10 Å². The number of benzene rings is 1. The van der Waals surface area contributed by atoms with E-state index >= 15 is 0 Å². The summed E-state index contributed by atoms with van der Waals surface area (Å²) in [5.41, 5.74) is 3.42. The van der Waals surface area contributed by atoms with Crippen LogP contribution in [0.2, 0.25) is 0 Å². The fourth-order valence-corrected chi connectivity index (χ4v) is 3.99. The highest BCUT2D eigenvalue weighted by Crippen LogP contribution is 2.37. The second-order valence-electron chi connectivity index (χ2n) is 9.38. The van der Waals surface area contributed by atoms with Crippen molar-refractivity contribution in [1.29, 1.82) is 0 Å². The molecule has 4 heterocycles. The van der Waals surface area contributed by atoms with Gasteiger partial charge in [0, 0.05) is 22.1 Å². The summed E-state index contributed by atoms with van der Waals surface area (Å²) in [4.78, 5) is 35.3. The number of carbonyl (C=O) groups is 1. The van der Waals surface area contributed by atoms with Crippen molar-refractivity contribution in [1.82, 2.24) is 9.55 Å². The zero-order chi connectivity index (χ0) is 24.6. The highest BCUT2D eigenvalue weighted by Gasteiger charge is 2.34. The van der Waals surface area contributed by atoms with Gasteiger partial charge in [0.25, 0.3) is 5.56 Å². The standard InChI is InChI=1S/C23H21N3O5.C3H8/c1-23(2,3)31-24-9-14-12-6-4-5-7-17(12)25-19-15(14)10-26-18(19)8-13-16(21(26)28)11-30-22(29)20(13)27;1-3-2/h4-9,20,27H,10-11H2,1-3H3;3H2,1-2H3/b24-9+;/t20-;/m0./s1. The Morgan fingerprint density at radius 1 is 1.24 bits per heavy atom. The number of aliphatic hydroxyl groups excluding tert-OH is 1. The maximum Gasteiger partial charge on any atom is 0.340 e. The molecule has 0 fully saturated rings. The average Bonchev–Trinajstić information content (AvgIpc) is 3.15. The molecule has 0 radical (unpaired) electrons. The van der Waals surface area contributed by atoms with Crippen molar-refractivity contribution in [2.24, 2.45) is 5.16 Å². The lowest BCUT2D eigenvalue weighted by atomic mass is 9.99. The number of ether oxygens (including phenoxy) is 1. The molecule has 1 N–H and O–H groups in total. The number of hydrogen-bond donors (Lipinski definition) is 1. The van der Waals surface area contributed by atoms with Gasteiger partial charge in [-0.25, -0.2) is 9.78 Å². The van der Waals surface area contributed by atoms with E-state index in [0.717, 1.165) is 22.0 Å². The van der Waals surface area contributed by atoms with E-state index < -0.39 is 17.7 Å². The van der Waals surface area contributed by atoms with Gasteiger partial charge in [0.2, 0.25) is 0 Å². The smallest absolute Gasteiger partial charge is 0.340 e. The summed E-state index contributed by atoms with van der Waals surface area (Å²) in [6, 6.07) is 9.33. The molecule has 0 amide bonds. The lowest BCUT2D eigenvalue weighted by molar-refractivity contribution is -0.157. The van der Waals surface area contributed by atoms with E-state index in [1.807, 2.05) is 45.0 Å². The molecule has 2 aliphatic rings. The highest BCUT2D eigenvalue weighted by molar-refractivity contribution is 6.02. The van der Waals surface area contributed by atoms with E-state index in [0.29, 0.717) is 23.5 Å². The minimum Gasteiger partial charge on any atom is -0.458 e. The number of esters is 1. The van der Waals surface area contributed by atoms with Gasteiger partial charge < -0.3 is 19.2 Å². The number of fused-ring (bicyclic) bond motifs is 5. The zero-order valence-electron chi connectivity index (χ0n) is 20.1. The van der Waals surface area contributed by atoms with Crippen LogP contribution in [0.3, 0.4) is 0 Å². The van der Waals surface area contributed by atoms with Gasteiger partial charge in [0.1, 0.15) is 12.2 Å². The van der Waals surface area contributed by atoms with Crippen LogP contribution in [0.15, 0.2) is 40.3 Å². The minimum atomic E-state index is -1.48. The molecule has 2 aliphatic heterocycles. The summed E-state index contributed by atoms with van der Waals surface area (Å²) in [5.74, 6) is -0.756. The molecule has 3 aromatic rings. The summed E-state index contributed by atoms with van der Waals surface area (Å²) in [6.07, 6.45) is 1.43. The van der Waals surface area contributed by atoms with Gasteiger partial charge >= 0.3 is 5.97 Å². The fraction of sp³-hybridized carbons (Fsp3) is 0.385. The predicted molar refractivity (Wildman–Crippen MR) is 130 cm³/mol. The molecule has 34 heavy (non-hydrogen) atoms. The van der Waals surface area contributed by atoms with Crippen LogP contribution in [-0.2, 0) is 27.5 Å². The number of aromatic nitrogens is 2. The van der Waals surface area contributed by atoms with Crippen molar-refractivity contribution in [3.8, 4) is 11.4 Å². The Hall–Kier alpha value is -3.52. The number of cyclic esters (lactones) is 1. The van der Waals surface area contributed by atoms with Gasteiger partial charge in [-0.2, -0.15) is 0 Å². The third kappa shape index (κ3) is 4.21. The Bertz CT molecular complexity index is 1350. The molecule has 0 spiro atoms. The number of rotatable bonds is 2. The predicted octanol–water partition coefficient (Wildman–Crippen LogP) is 4.08. The Kier molecular flexibility index (Phi) is 6.27. The molecule has 8 nitrogen and oxygen atoms in total. The Morgan fingerprint density at radius 2 is 1.94 bits per heavy atom. The second kappa shape index (κ2) is 9.02. The van der Waals surface area contributed by atoms with E-state index in [4.69, 9.17) is 14.6 Å². The molecule has 0 unspecified atom stereocenters. The number of carbonyl (C=O) groups excluding carboxylic acids is 1.